The highest BCUT2D eigenvalue weighted by atomic mass is 16.5. The number of allylic oxidation sites excluding steroid dienone is 7. The summed E-state index contributed by atoms with van der Waals surface area (Å²) in [6.45, 7) is 4.90. The van der Waals surface area contributed by atoms with Gasteiger partial charge >= 0.3 is 5.97 Å². The lowest BCUT2D eigenvalue weighted by Crippen LogP contribution is -2.45. The molecule has 0 rings (SSSR count). The van der Waals surface area contributed by atoms with Gasteiger partial charge in [0.15, 0.2) is 0 Å². The molecule has 0 bridgehead atoms. The number of nitrogens with one attached hydrogen (secondary N) is 1. The van der Waals surface area contributed by atoms with Crippen LogP contribution in [0.15, 0.2) is 48.6 Å². The van der Waals surface area contributed by atoms with Gasteiger partial charge in [0.05, 0.1) is 25.4 Å². The van der Waals surface area contributed by atoms with Crippen molar-refractivity contribution in [3.8, 4) is 0 Å². The molecule has 6 nitrogen and oxygen atoms in total. The van der Waals surface area contributed by atoms with Crippen molar-refractivity contribution in [2.75, 3.05) is 13.2 Å². The quantitative estimate of drug-likeness (QED) is 0.0320. The first-order chi connectivity index (χ1) is 38.0. The third kappa shape index (κ3) is 62.9. The van der Waals surface area contributed by atoms with Gasteiger partial charge in [-0.15, -0.1) is 0 Å². The summed E-state index contributed by atoms with van der Waals surface area (Å²) >= 11 is 0. The maximum absolute atomic E-state index is 12.5. The SMILES string of the molecule is CCCCCC/C=C\C/C=C\CCCCCCCCCC(=O)OCCCCCCCCCCCC/C=C\CCCCCCCCCC(=O)NC(CO)C(O)/C=C/CCCCCCCCCCCCCCCCCCCCC. The molecule has 0 aromatic rings. The standard InChI is InChI=1S/C71H133NO5/c1-3-5-7-9-11-13-15-17-19-21-23-25-28-31-35-39-43-47-51-55-59-63-69(74)68(67-73)72-70(75)64-60-56-52-48-44-40-36-32-29-26-24-27-30-34-38-42-46-50-54-58-62-66-77-71(76)65-61-57-53-49-45-41-37-33-22-20-18-16-14-12-10-8-6-4-2/h14,16,20,22,26,29,59,63,68-69,73-74H,3-13,15,17-19,21,23-25,27-28,30-58,60-62,64-67H2,1-2H3,(H,72,75)/b16-14-,22-20-,29-26-,63-59+. The first-order valence-corrected chi connectivity index (χ1v) is 34.4. The predicted octanol–water partition coefficient (Wildman–Crippen LogP) is 22.1. The highest BCUT2D eigenvalue weighted by Crippen LogP contribution is 2.18. The summed E-state index contributed by atoms with van der Waals surface area (Å²) in [6, 6.07) is -0.636. The highest BCUT2D eigenvalue weighted by Gasteiger charge is 2.18. The number of aliphatic hydroxyl groups is 2. The van der Waals surface area contributed by atoms with Crippen molar-refractivity contribution in [2.24, 2.45) is 0 Å². The molecule has 0 aliphatic heterocycles. The maximum Gasteiger partial charge on any atom is 0.305 e. The van der Waals surface area contributed by atoms with Crippen LogP contribution in [-0.2, 0) is 14.3 Å². The highest BCUT2D eigenvalue weighted by molar-refractivity contribution is 5.76. The summed E-state index contributed by atoms with van der Waals surface area (Å²) in [5.74, 6) is -0.0727. The van der Waals surface area contributed by atoms with E-state index in [1.807, 2.05) is 6.08 Å². The van der Waals surface area contributed by atoms with Crippen LogP contribution < -0.4 is 5.32 Å². The van der Waals surface area contributed by atoms with Crippen LogP contribution in [0.5, 0.6) is 0 Å². The molecule has 0 aliphatic rings. The van der Waals surface area contributed by atoms with E-state index in [0.29, 0.717) is 19.4 Å². The molecule has 0 saturated carbocycles. The van der Waals surface area contributed by atoms with E-state index >= 15 is 0 Å². The molecule has 2 unspecified atom stereocenters. The summed E-state index contributed by atoms with van der Waals surface area (Å²) in [4.78, 5) is 24.6. The number of esters is 1. The molecule has 0 aromatic carbocycles. The van der Waals surface area contributed by atoms with Crippen molar-refractivity contribution in [1.82, 2.24) is 5.32 Å². The largest absolute Gasteiger partial charge is 0.466 e. The number of rotatable bonds is 64. The lowest BCUT2D eigenvalue weighted by molar-refractivity contribution is -0.143. The molecule has 6 heteroatoms. The number of hydrogen-bond acceptors (Lipinski definition) is 5. The van der Waals surface area contributed by atoms with Crippen molar-refractivity contribution in [3.63, 3.8) is 0 Å². The third-order valence-corrected chi connectivity index (χ3v) is 15.8. The van der Waals surface area contributed by atoms with Crippen molar-refractivity contribution in [3.05, 3.63) is 48.6 Å². The maximum atomic E-state index is 12.5. The van der Waals surface area contributed by atoms with Crippen LogP contribution in [0.25, 0.3) is 0 Å². The average Bonchev–Trinajstić information content (AvgIpc) is 3.43. The second kappa shape index (κ2) is 66.3. The first-order valence-electron chi connectivity index (χ1n) is 34.4. The van der Waals surface area contributed by atoms with Gasteiger partial charge in [0, 0.05) is 12.8 Å². The summed E-state index contributed by atoms with van der Waals surface area (Å²) < 4.78 is 5.49. The van der Waals surface area contributed by atoms with Gasteiger partial charge < -0.3 is 20.3 Å². The Kier molecular flexibility index (Phi) is 64.5. The van der Waals surface area contributed by atoms with Gasteiger partial charge in [-0.05, 0) is 89.9 Å². The van der Waals surface area contributed by atoms with Gasteiger partial charge in [0.2, 0.25) is 5.91 Å². The first kappa shape index (κ1) is 74.8. The van der Waals surface area contributed by atoms with Gasteiger partial charge in [-0.3, -0.25) is 9.59 Å². The van der Waals surface area contributed by atoms with Gasteiger partial charge in [-0.2, -0.15) is 0 Å². The van der Waals surface area contributed by atoms with Gasteiger partial charge in [0.25, 0.3) is 0 Å². The monoisotopic (exact) mass is 1080 g/mol. The van der Waals surface area contributed by atoms with Crippen molar-refractivity contribution < 1.29 is 24.5 Å². The molecule has 2 atom stereocenters. The Bertz CT molecular complexity index is 1290. The van der Waals surface area contributed by atoms with E-state index in [1.54, 1.807) is 6.08 Å². The third-order valence-electron chi connectivity index (χ3n) is 15.8. The molecule has 452 valence electrons. The average molecular weight is 1080 g/mol. The predicted molar refractivity (Wildman–Crippen MR) is 338 cm³/mol. The minimum atomic E-state index is -0.852. The minimum absolute atomic E-state index is 0.000484. The smallest absolute Gasteiger partial charge is 0.305 e. The van der Waals surface area contributed by atoms with E-state index in [4.69, 9.17) is 4.74 Å². The summed E-state index contributed by atoms with van der Waals surface area (Å²) in [6.07, 6.45) is 86.0. The van der Waals surface area contributed by atoms with Crippen LogP contribution in [-0.4, -0.2) is 47.4 Å². The van der Waals surface area contributed by atoms with Gasteiger partial charge in [-0.1, -0.05) is 313 Å². The Labute approximate surface area is 480 Å². The molecule has 0 aliphatic carbocycles. The molecule has 77 heavy (non-hydrogen) atoms. The Morgan fingerprint density at radius 3 is 1.01 bits per heavy atom. The summed E-state index contributed by atoms with van der Waals surface area (Å²) in [5, 5.41) is 23.2. The number of aliphatic hydroxyl groups excluding tert-OH is 2. The van der Waals surface area contributed by atoms with Crippen LogP contribution in [0.4, 0.5) is 0 Å². The molecular weight excluding hydrogens is 947 g/mol. The van der Waals surface area contributed by atoms with Crippen LogP contribution in [0.3, 0.4) is 0 Å². The van der Waals surface area contributed by atoms with E-state index in [0.717, 1.165) is 57.8 Å². The van der Waals surface area contributed by atoms with Gasteiger partial charge in [0.1, 0.15) is 0 Å². The zero-order valence-electron chi connectivity index (χ0n) is 51.7. The van der Waals surface area contributed by atoms with Crippen molar-refractivity contribution >= 4 is 11.9 Å². The lowest BCUT2D eigenvalue weighted by atomic mass is 10.0. The molecule has 0 spiro atoms. The molecule has 0 fully saturated rings. The normalized spacial score (nSPS) is 12.8. The molecule has 1 amide bonds. The van der Waals surface area contributed by atoms with Crippen molar-refractivity contribution in [2.45, 2.75) is 379 Å². The Balaban J connectivity index is 3.45. The van der Waals surface area contributed by atoms with Gasteiger partial charge in [-0.25, -0.2) is 0 Å². The molecule has 0 heterocycles. The second-order valence-electron chi connectivity index (χ2n) is 23.5. The fourth-order valence-corrected chi connectivity index (χ4v) is 10.5. The molecular formula is C71H133NO5. The fourth-order valence-electron chi connectivity index (χ4n) is 10.5. The second-order valence-corrected chi connectivity index (χ2v) is 23.5. The number of amides is 1. The Morgan fingerprint density at radius 1 is 0.364 bits per heavy atom. The Morgan fingerprint density at radius 2 is 0.649 bits per heavy atom. The minimum Gasteiger partial charge on any atom is -0.466 e. The van der Waals surface area contributed by atoms with Crippen LogP contribution in [0.2, 0.25) is 0 Å². The van der Waals surface area contributed by atoms with Crippen molar-refractivity contribution in [1.29, 1.82) is 0 Å². The van der Waals surface area contributed by atoms with Crippen LogP contribution in [0, 0.1) is 0 Å². The van der Waals surface area contributed by atoms with E-state index in [2.05, 4.69) is 55.6 Å². The van der Waals surface area contributed by atoms with E-state index in [-0.39, 0.29) is 18.5 Å². The number of unbranched alkanes of at least 4 members (excludes halogenated alkanes) is 47. The lowest BCUT2D eigenvalue weighted by Gasteiger charge is -2.20. The zero-order valence-corrected chi connectivity index (χ0v) is 51.7. The van der Waals surface area contributed by atoms with Crippen LogP contribution >= 0.6 is 0 Å². The molecule has 0 saturated heterocycles. The topological polar surface area (TPSA) is 95.9 Å². The molecule has 3 N–H and O–H groups in total. The summed E-state index contributed by atoms with van der Waals surface area (Å²) in [7, 11) is 0. The molecule has 0 radical (unpaired) electrons. The number of carbonyl (C=O) groups is 2. The number of carbonyl (C=O) groups excluding carboxylic acids is 2. The van der Waals surface area contributed by atoms with E-state index in [1.165, 1.54) is 283 Å². The number of hydrogen-bond donors (Lipinski definition) is 3. The van der Waals surface area contributed by atoms with E-state index in [9.17, 15) is 19.8 Å². The number of ether oxygens (including phenoxy) is 1. The zero-order chi connectivity index (χ0) is 55.7. The van der Waals surface area contributed by atoms with E-state index < -0.39 is 12.1 Å². The molecule has 0 aromatic heterocycles. The Hall–Kier alpha value is -2.18. The fraction of sp³-hybridized carbons (Fsp3) is 0.859. The van der Waals surface area contributed by atoms with Crippen LogP contribution in [0.1, 0.15) is 367 Å². The summed E-state index contributed by atoms with van der Waals surface area (Å²) in [5.41, 5.74) is 0.